The van der Waals surface area contributed by atoms with Crippen LogP contribution in [0, 0.1) is 12.8 Å². The SMILES string of the molecule is Cc1cc(N/C(=N\C(=O)c2ccc(C(F)(F)F)cc2)NCC(C)C)[nH]n1. The molecule has 6 nitrogen and oxygen atoms in total. The standard InChI is InChI=1S/C17H20F3N5O/c1-10(2)9-21-16(22-14-8-11(3)24-25-14)23-15(26)12-4-6-13(7-5-12)17(18,19)20/h4-8,10H,9H2,1-3H3,(H3,21,22,23,24,25,26). The summed E-state index contributed by atoms with van der Waals surface area (Å²) in [6.45, 7) is 6.33. The number of carbonyl (C=O) groups excluding carboxylic acids is 1. The summed E-state index contributed by atoms with van der Waals surface area (Å²) in [7, 11) is 0. The Balaban J connectivity index is 2.19. The molecule has 0 radical (unpaired) electrons. The molecule has 0 aliphatic rings. The summed E-state index contributed by atoms with van der Waals surface area (Å²) in [5, 5.41) is 12.6. The normalized spacial score (nSPS) is 12.3. The number of aromatic amines is 1. The third kappa shape index (κ3) is 5.61. The van der Waals surface area contributed by atoms with Crippen LogP contribution in [-0.4, -0.2) is 28.6 Å². The van der Waals surface area contributed by atoms with Gasteiger partial charge in [0.2, 0.25) is 5.96 Å². The first kappa shape index (κ1) is 19.5. The third-order valence-corrected chi connectivity index (χ3v) is 3.31. The molecule has 26 heavy (non-hydrogen) atoms. The smallest absolute Gasteiger partial charge is 0.355 e. The summed E-state index contributed by atoms with van der Waals surface area (Å²) < 4.78 is 37.8. The maximum absolute atomic E-state index is 12.6. The number of hydrogen-bond acceptors (Lipinski definition) is 2. The van der Waals surface area contributed by atoms with E-state index in [1.54, 1.807) is 13.0 Å². The van der Waals surface area contributed by atoms with Crippen molar-refractivity contribution in [2.75, 3.05) is 11.9 Å². The first-order chi connectivity index (χ1) is 12.1. The average Bonchev–Trinajstić information content (AvgIpc) is 2.96. The van der Waals surface area contributed by atoms with Crippen molar-refractivity contribution >= 4 is 17.7 Å². The van der Waals surface area contributed by atoms with Gasteiger partial charge in [0.1, 0.15) is 5.82 Å². The van der Waals surface area contributed by atoms with Gasteiger partial charge < -0.3 is 10.6 Å². The molecule has 140 valence electrons. The zero-order chi connectivity index (χ0) is 19.3. The van der Waals surface area contributed by atoms with Crippen LogP contribution in [-0.2, 0) is 6.18 Å². The first-order valence-electron chi connectivity index (χ1n) is 7.98. The fourth-order valence-electron chi connectivity index (χ4n) is 1.99. The minimum atomic E-state index is -4.45. The highest BCUT2D eigenvalue weighted by Crippen LogP contribution is 2.29. The van der Waals surface area contributed by atoms with Gasteiger partial charge >= 0.3 is 6.18 Å². The summed E-state index contributed by atoms with van der Waals surface area (Å²) in [5.41, 5.74) is -0.00328. The molecule has 1 amide bonds. The van der Waals surface area contributed by atoms with Crippen molar-refractivity contribution in [3.63, 3.8) is 0 Å². The molecule has 0 saturated heterocycles. The number of amides is 1. The van der Waals surface area contributed by atoms with Gasteiger partial charge in [0.15, 0.2) is 0 Å². The number of nitrogens with zero attached hydrogens (tertiary/aromatic N) is 2. The van der Waals surface area contributed by atoms with Gasteiger partial charge in [-0.05, 0) is 37.1 Å². The van der Waals surface area contributed by atoms with Gasteiger partial charge in [-0.1, -0.05) is 13.8 Å². The molecule has 2 rings (SSSR count). The van der Waals surface area contributed by atoms with E-state index in [2.05, 4.69) is 25.8 Å². The summed E-state index contributed by atoms with van der Waals surface area (Å²) in [5.74, 6) is 0.366. The van der Waals surface area contributed by atoms with Crippen LogP contribution in [0.5, 0.6) is 0 Å². The number of aromatic nitrogens is 2. The highest BCUT2D eigenvalue weighted by atomic mass is 19.4. The van der Waals surface area contributed by atoms with Crippen LogP contribution in [0.4, 0.5) is 19.0 Å². The Morgan fingerprint density at radius 3 is 2.42 bits per heavy atom. The minimum absolute atomic E-state index is 0.0597. The maximum atomic E-state index is 12.6. The Kier molecular flexibility index (Phi) is 6.01. The van der Waals surface area contributed by atoms with Gasteiger partial charge in [0.25, 0.3) is 5.91 Å². The van der Waals surface area contributed by atoms with E-state index < -0.39 is 17.6 Å². The van der Waals surface area contributed by atoms with Gasteiger partial charge in [-0.15, -0.1) is 0 Å². The number of halogens is 3. The van der Waals surface area contributed by atoms with Crippen molar-refractivity contribution in [3.8, 4) is 0 Å². The monoisotopic (exact) mass is 367 g/mol. The number of carbonyl (C=O) groups is 1. The Bertz CT molecular complexity index is 778. The van der Waals surface area contributed by atoms with Crippen LogP contribution in [0.2, 0.25) is 0 Å². The Hall–Kier alpha value is -2.84. The molecule has 0 atom stereocenters. The molecule has 0 aliphatic carbocycles. The molecule has 1 heterocycles. The van der Waals surface area contributed by atoms with Crippen molar-refractivity contribution in [2.24, 2.45) is 10.9 Å². The van der Waals surface area contributed by atoms with Crippen LogP contribution >= 0.6 is 0 Å². The highest BCUT2D eigenvalue weighted by Gasteiger charge is 2.30. The van der Waals surface area contributed by atoms with Crippen molar-refractivity contribution in [3.05, 3.63) is 47.2 Å². The van der Waals surface area contributed by atoms with E-state index in [1.165, 1.54) is 0 Å². The van der Waals surface area contributed by atoms with E-state index in [0.717, 1.165) is 30.0 Å². The van der Waals surface area contributed by atoms with E-state index in [4.69, 9.17) is 0 Å². The quantitative estimate of drug-likeness (QED) is 0.570. The lowest BCUT2D eigenvalue weighted by Gasteiger charge is -2.12. The number of anilines is 1. The van der Waals surface area contributed by atoms with E-state index in [9.17, 15) is 18.0 Å². The number of guanidine groups is 1. The van der Waals surface area contributed by atoms with Crippen LogP contribution in [0.15, 0.2) is 35.3 Å². The molecule has 0 aliphatic heterocycles. The van der Waals surface area contributed by atoms with Gasteiger partial charge in [0, 0.05) is 18.2 Å². The molecule has 3 N–H and O–H groups in total. The molecule has 1 aromatic carbocycles. The lowest BCUT2D eigenvalue weighted by atomic mass is 10.1. The number of H-pyrrole nitrogens is 1. The molecule has 9 heteroatoms. The number of rotatable bonds is 4. The first-order valence-corrected chi connectivity index (χ1v) is 7.98. The lowest BCUT2D eigenvalue weighted by Crippen LogP contribution is -2.34. The number of hydrogen-bond donors (Lipinski definition) is 3. The minimum Gasteiger partial charge on any atom is -0.355 e. The van der Waals surface area contributed by atoms with Crippen LogP contribution in [0.1, 0.15) is 35.5 Å². The predicted molar refractivity (Wildman–Crippen MR) is 93.0 cm³/mol. The van der Waals surface area contributed by atoms with Crippen molar-refractivity contribution in [1.29, 1.82) is 0 Å². The number of aryl methyl sites for hydroxylation is 1. The number of nitrogens with one attached hydrogen (secondary N) is 3. The average molecular weight is 367 g/mol. The molecular formula is C17H20F3N5O. The zero-order valence-electron chi connectivity index (χ0n) is 14.6. The predicted octanol–water partition coefficient (Wildman–Crippen LogP) is 3.59. The van der Waals surface area contributed by atoms with E-state index in [-0.39, 0.29) is 11.5 Å². The lowest BCUT2D eigenvalue weighted by molar-refractivity contribution is -0.137. The van der Waals surface area contributed by atoms with Crippen LogP contribution < -0.4 is 10.6 Å². The number of alkyl halides is 3. The van der Waals surface area contributed by atoms with Crippen LogP contribution in [0.3, 0.4) is 0 Å². The fraction of sp³-hybridized carbons (Fsp3) is 0.353. The number of benzene rings is 1. The third-order valence-electron chi connectivity index (χ3n) is 3.31. The van der Waals surface area contributed by atoms with E-state index in [0.29, 0.717) is 18.3 Å². The summed E-state index contributed by atoms with van der Waals surface area (Å²) >= 11 is 0. The van der Waals surface area contributed by atoms with Gasteiger partial charge in [-0.3, -0.25) is 9.89 Å². The number of aliphatic imine (C=N–C) groups is 1. The molecular weight excluding hydrogens is 347 g/mol. The highest BCUT2D eigenvalue weighted by molar-refractivity contribution is 6.06. The topological polar surface area (TPSA) is 82.2 Å². The summed E-state index contributed by atoms with van der Waals surface area (Å²) in [6.07, 6.45) is -4.45. The Morgan fingerprint density at radius 1 is 1.27 bits per heavy atom. The van der Waals surface area contributed by atoms with Crippen molar-refractivity contribution in [2.45, 2.75) is 26.9 Å². The van der Waals surface area contributed by atoms with Gasteiger partial charge in [-0.25, -0.2) is 0 Å². The molecule has 0 fully saturated rings. The molecule has 2 aromatic rings. The van der Waals surface area contributed by atoms with Gasteiger partial charge in [0.05, 0.1) is 11.3 Å². The van der Waals surface area contributed by atoms with E-state index >= 15 is 0 Å². The summed E-state index contributed by atoms with van der Waals surface area (Å²) in [6, 6.07) is 5.66. The summed E-state index contributed by atoms with van der Waals surface area (Å²) in [4.78, 5) is 16.2. The zero-order valence-corrected chi connectivity index (χ0v) is 14.6. The second-order valence-electron chi connectivity index (χ2n) is 6.16. The Morgan fingerprint density at radius 2 is 1.92 bits per heavy atom. The molecule has 0 spiro atoms. The van der Waals surface area contributed by atoms with E-state index in [1.807, 2.05) is 13.8 Å². The van der Waals surface area contributed by atoms with Crippen LogP contribution in [0.25, 0.3) is 0 Å². The molecule has 0 saturated carbocycles. The molecule has 0 bridgehead atoms. The second kappa shape index (κ2) is 8.03. The second-order valence-corrected chi connectivity index (χ2v) is 6.16. The molecule has 1 aromatic heterocycles. The van der Waals surface area contributed by atoms with Crippen molar-refractivity contribution in [1.82, 2.24) is 15.5 Å². The maximum Gasteiger partial charge on any atom is 0.416 e. The fourth-order valence-corrected chi connectivity index (χ4v) is 1.99. The van der Waals surface area contributed by atoms with Crippen molar-refractivity contribution < 1.29 is 18.0 Å². The molecule has 0 unspecified atom stereocenters. The van der Waals surface area contributed by atoms with Gasteiger partial charge in [-0.2, -0.15) is 23.3 Å². The largest absolute Gasteiger partial charge is 0.416 e. The Labute approximate surface area is 148 Å².